The van der Waals surface area contributed by atoms with Gasteiger partial charge in [0.25, 0.3) is 5.56 Å². The first kappa shape index (κ1) is 21.4. The monoisotopic (exact) mass is 441 g/mol. The van der Waals surface area contributed by atoms with Crippen LogP contribution in [0.15, 0.2) is 27.8 Å². The number of hydrogen-bond acceptors (Lipinski definition) is 6. The summed E-state index contributed by atoms with van der Waals surface area (Å²) < 4.78 is 44.8. The van der Waals surface area contributed by atoms with Crippen molar-refractivity contribution in [2.24, 2.45) is 7.05 Å². The number of aromatic nitrogens is 3. The minimum Gasteiger partial charge on any atom is -0.481 e. The minimum absolute atomic E-state index is 0.00101. The first-order valence-electron chi connectivity index (χ1n) is 8.48. The van der Waals surface area contributed by atoms with Gasteiger partial charge in [-0.3, -0.25) is 19.0 Å². The first-order valence-corrected chi connectivity index (χ1v) is 9.25. The maximum Gasteiger partial charge on any atom is 0.431 e. The fourth-order valence-corrected chi connectivity index (χ4v) is 3.97. The molecule has 0 radical (unpaired) electrons. The summed E-state index contributed by atoms with van der Waals surface area (Å²) in [5.41, 5.74) is -3.92. The molecule has 158 valence electrons. The van der Waals surface area contributed by atoms with E-state index in [1.807, 2.05) is 0 Å². The van der Waals surface area contributed by atoms with Crippen LogP contribution in [0.3, 0.4) is 0 Å². The lowest BCUT2D eigenvalue weighted by Crippen LogP contribution is -2.41. The zero-order chi connectivity index (χ0) is 22.4. The number of aryl methyl sites for hydroxylation is 1. The average molecular weight is 441 g/mol. The number of hydrogen-bond donors (Lipinski definition) is 1. The predicted octanol–water partition coefficient (Wildman–Crippen LogP) is 2.38. The Kier molecular flexibility index (Phi) is 5.37. The van der Waals surface area contributed by atoms with Gasteiger partial charge in [-0.25, -0.2) is 9.36 Å². The second-order valence-corrected chi connectivity index (χ2v) is 7.26. The third-order valence-corrected chi connectivity index (χ3v) is 5.32. The number of rotatable bonds is 5. The topological polar surface area (TPSA) is 111 Å². The van der Waals surface area contributed by atoms with Crippen molar-refractivity contribution in [3.05, 3.63) is 56.0 Å². The molecule has 0 atom stereocenters. The highest BCUT2D eigenvalue weighted by Gasteiger charge is 2.35. The summed E-state index contributed by atoms with van der Waals surface area (Å²) in [6.07, 6.45) is -5.18. The summed E-state index contributed by atoms with van der Waals surface area (Å²) in [6, 6.07) is 3.05. The third-order valence-electron chi connectivity index (χ3n) is 4.47. The summed E-state index contributed by atoms with van der Waals surface area (Å²) in [7, 11) is 0.873. The lowest BCUT2D eigenvalue weighted by Gasteiger charge is -2.16. The Hall–Kier alpha value is -3.28. The quantitative estimate of drug-likeness (QED) is 0.609. The van der Waals surface area contributed by atoms with E-state index >= 15 is 0 Å². The summed E-state index contributed by atoms with van der Waals surface area (Å²) in [5.74, 6) is -1.63. The molecule has 3 rings (SSSR count). The SMILES string of the molecule is CC(=O)c1c(-n2c(=O)cc(C(F)(F)F)n(C)c2=O)ccc2snc(CCC(=O)O)c12. The molecule has 0 saturated carbocycles. The molecule has 0 spiro atoms. The molecule has 30 heavy (non-hydrogen) atoms. The van der Waals surface area contributed by atoms with Crippen LogP contribution in [0.4, 0.5) is 13.2 Å². The summed E-state index contributed by atoms with van der Waals surface area (Å²) in [6.45, 7) is 1.18. The van der Waals surface area contributed by atoms with Crippen LogP contribution in [0, 0.1) is 0 Å². The van der Waals surface area contributed by atoms with Crippen LogP contribution in [0.25, 0.3) is 15.8 Å². The van der Waals surface area contributed by atoms with E-state index in [2.05, 4.69) is 4.37 Å². The number of ketones is 1. The van der Waals surface area contributed by atoms with Gasteiger partial charge in [-0.1, -0.05) is 0 Å². The van der Waals surface area contributed by atoms with E-state index in [-0.39, 0.29) is 40.1 Å². The van der Waals surface area contributed by atoms with Gasteiger partial charge in [0.1, 0.15) is 5.69 Å². The predicted molar refractivity (Wildman–Crippen MR) is 101 cm³/mol. The zero-order valence-corrected chi connectivity index (χ0v) is 16.4. The Balaban J connectivity index is 2.36. The fourth-order valence-electron chi connectivity index (χ4n) is 3.14. The number of halogens is 3. The molecule has 12 heteroatoms. The molecule has 0 bridgehead atoms. The second-order valence-electron chi connectivity index (χ2n) is 6.45. The molecule has 0 aliphatic rings. The van der Waals surface area contributed by atoms with Gasteiger partial charge in [-0.15, -0.1) is 0 Å². The number of carbonyl (C=O) groups is 2. The Morgan fingerprint density at radius 3 is 2.47 bits per heavy atom. The summed E-state index contributed by atoms with van der Waals surface area (Å²) in [5, 5.41) is 9.20. The number of alkyl halides is 3. The number of benzene rings is 1. The van der Waals surface area contributed by atoms with Crippen molar-refractivity contribution in [1.29, 1.82) is 0 Å². The number of carboxylic acids is 1. The number of nitrogens with zero attached hydrogens (tertiary/aromatic N) is 3. The third kappa shape index (κ3) is 3.65. The van der Waals surface area contributed by atoms with Gasteiger partial charge in [0.15, 0.2) is 5.78 Å². The smallest absolute Gasteiger partial charge is 0.431 e. The molecule has 0 aliphatic heterocycles. The Bertz CT molecular complexity index is 1300. The number of Topliss-reactive ketones (excluding diaryl/α,β-unsaturated/α-hetero) is 1. The Labute approximate surface area is 170 Å². The highest BCUT2D eigenvalue weighted by atomic mass is 32.1. The lowest BCUT2D eigenvalue weighted by atomic mass is 10.0. The molecule has 0 amide bonds. The van der Waals surface area contributed by atoms with Crippen LogP contribution in [-0.4, -0.2) is 30.4 Å². The maximum atomic E-state index is 13.1. The van der Waals surface area contributed by atoms with Crippen molar-refractivity contribution in [2.75, 3.05) is 0 Å². The van der Waals surface area contributed by atoms with Gasteiger partial charge < -0.3 is 5.11 Å². The largest absolute Gasteiger partial charge is 0.481 e. The molecule has 1 aromatic carbocycles. The highest BCUT2D eigenvalue weighted by molar-refractivity contribution is 7.13. The summed E-state index contributed by atoms with van der Waals surface area (Å²) in [4.78, 5) is 48.4. The molecule has 0 aliphatic carbocycles. The van der Waals surface area contributed by atoms with Gasteiger partial charge in [0.05, 0.1) is 28.1 Å². The normalized spacial score (nSPS) is 11.8. The molecule has 0 saturated heterocycles. The van der Waals surface area contributed by atoms with E-state index in [0.717, 1.165) is 18.6 Å². The van der Waals surface area contributed by atoms with E-state index in [1.165, 1.54) is 19.1 Å². The fraction of sp³-hybridized carbons (Fsp3) is 0.278. The van der Waals surface area contributed by atoms with E-state index in [4.69, 9.17) is 5.11 Å². The van der Waals surface area contributed by atoms with Crippen LogP contribution in [0.2, 0.25) is 0 Å². The number of fused-ring (bicyclic) bond motifs is 1. The number of carbonyl (C=O) groups excluding carboxylic acids is 1. The molecule has 0 unspecified atom stereocenters. The van der Waals surface area contributed by atoms with Crippen molar-refractivity contribution in [1.82, 2.24) is 13.5 Å². The Morgan fingerprint density at radius 2 is 1.90 bits per heavy atom. The molecule has 0 fully saturated rings. The van der Waals surface area contributed by atoms with E-state index in [0.29, 0.717) is 15.0 Å². The van der Waals surface area contributed by atoms with Crippen molar-refractivity contribution in [2.45, 2.75) is 25.9 Å². The average Bonchev–Trinajstić information content (AvgIpc) is 3.04. The van der Waals surface area contributed by atoms with Crippen molar-refractivity contribution in [3.63, 3.8) is 0 Å². The zero-order valence-electron chi connectivity index (χ0n) is 15.6. The molecule has 8 nitrogen and oxygen atoms in total. The number of aliphatic carboxylic acids is 1. The van der Waals surface area contributed by atoms with Crippen molar-refractivity contribution in [3.8, 4) is 5.69 Å². The van der Waals surface area contributed by atoms with Crippen LogP contribution < -0.4 is 11.2 Å². The molecular formula is C18H14F3N3O5S. The second kappa shape index (κ2) is 7.52. The molecule has 2 aromatic heterocycles. The van der Waals surface area contributed by atoms with Gasteiger partial charge in [0, 0.05) is 24.9 Å². The van der Waals surface area contributed by atoms with E-state index in [1.54, 1.807) is 0 Å². The van der Waals surface area contributed by atoms with E-state index in [9.17, 15) is 32.3 Å². The van der Waals surface area contributed by atoms with Crippen molar-refractivity contribution < 1.29 is 27.9 Å². The minimum atomic E-state index is -4.92. The van der Waals surface area contributed by atoms with Gasteiger partial charge in [-0.2, -0.15) is 17.5 Å². The first-order chi connectivity index (χ1) is 13.9. The highest BCUT2D eigenvalue weighted by Crippen LogP contribution is 2.32. The standard InChI is InChI=1S/C18H14F3N3O5S/c1-8(25)15-10(4-5-11-16(15)9(22-30-11)3-6-14(27)28)24-13(26)7-12(18(19,20)21)23(2)17(24)29/h4-5,7H,3,6H2,1-2H3,(H,27,28). The molecule has 2 heterocycles. The van der Waals surface area contributed by atoms with Gasteiger partial charge >= 0.3 is 17.8 Å². The maximum absolute atomic E-state index is 13.1. The lowest BCUT2D eigenvalue weighted by molar-refractivity contribution is -0.144. The van der Waals surface area contributed by atoms with Gasteiger partial charge in [0.2, 0.25) is 0 Å². The van der Waals surface area contributed by atoms with Crippen LogP contribution in [0.5, 0.6) is 0 Å². The Morgan fingerprint density at radius 1 is 1.23 bits per heavy atom. The van der Waals surface area contributed by atoms with E-state index < -0.39 is 34.9 Å². The van der Waals surface area contributed by atoms with Crippen molar-refractivity contribution >= 4 is 33.4 Å². The van der Waals surface area contributed by atoms with Gasteiger partial charge in [-0.05, 0) is 30.6 Å². The van der Waals surface area contributed by atoms with Crippen LogP contribution in [-0.2, 0) is 24.4 Å². The van der Waals surface area contributed by atoms with Crippen LogP contribution >= 0.6 is 11.5 Å². The molecular weight excluding hydrogens is 427 g/mol. The molecule has 1 N–H and O–H groups in total. The summed E-state index contributed by atoms with van der Waals surface area (Å²) >= 11 is 1.00. The van der Waals surface area contributed by atoms with Crippen LogP contribution in [0.1, 0.15) is 35.1 Å². The number of carboxylic acid groups (broad SMARTS) is 1. The molecule has 3 aromatic rings.